The molecule has 2 nitrogen and oxygen atoms in total. The van der Waals surface area contributed by atoms with E-state index in [0.717, 1.165) is 37.2 Å². The molecule has 0 spiro atoms. The molecule has 0 fully saturated rings. The van der Waals surface area contributed by atoms with E-state index in [1.165, 1.54) is 23.3 Å². The predicted octanol–water partition coefficient (Wildman–Crippen LogP) is 3.56. The highest BCUT2D eigenvalue weighted by Crippen LogP contribution is 2.23. The molecule has 3 rings (SSSR count). The van der Waals surface area contributed by atoms with Gasteiger partial charge in [-0.05, 0) is 46.9 Å². The molecule has 1 aliphatic heterocycles. The van der Waals surface area contributed by atoms with Gasteiger partial charge in [0.2, 0.25) is 0 Å². The second kappa shape index (κ2) is 5.70. The van der Waals surface area contributed by atoms with Crippen molar-refractivity contribution in [3.05, 3.63) is 77.1 Å². The normalized spacial score (nSPS) is 14.7. The molecule has 3 heteroatoms. The van der Waals surface area contributed by atoms with E-state index < -0.39 is 0 Å². The van der Waals surface area contributed by atoms with Gasteiger partial charge in [0.05, 0.1) is 0 Å². The highest BCUT2D eigenvalue weighted by Gasteiger charge is 2.16. The van der Waals surface area contributed by atoms with E-state index in [2.05, 4.69) is 23.6 Å². The fourth-order valence-electron chi connectivity index (χ4n) is 2.80. The quantitative estimate of drug-likeness (QED) is 0.933. The van der Waals surface area contributed by atoms with Crippen molar-refractivity contribution in [2.24, 2.45) is 5.73 Å². The summed E-state index contributed by atoms with van der Waals surface area (Å²) in [6, 6.07) is 13.1. The van der Waals surface area contributed by atoms with Crippen LogP contribution in [-0.4, -0.2) is 11.4 Å². The number of rotatable bonds is 3. The third-order valence-electron chi connectivity index (χ3n) is 3.99. The maximum atomic E-state index is 12.9. The van der Waals surface area contributed by atoms with Crippen LogP contribution in [0.3, 0.4) is 0 Å². The zero-order valence-electron chi connectivity index (χ0n) is 12.0. The lowest BCUT2D eigenvalue weighted by atomic mass is 9.96. The summed E-state index contributed by atoms with van der Waals surface area (Å²) >= 11 is 0. The average molecular weight is 284 g/mol. The summed E-state index contributed by atoms with van der Waals surface area (Å²) in [5.41, 5.74) is 11.2. The fourth-order valence-corrected chi connectivity index (χ4v) is 2.80. The Bertz CT molecular complexity index is 667. The van der Waals surface area contributed by atoms with Gasteiger partial charge in [-0.1, -0.05) is 30.8 Å². The van der Waals surface area contributed by atoms with Crippen LogP contribution in [0.5, 0.6) is 0 Å². The van der Waals surface area contributed by atoms with Gasteiger partial charge in [-0.2, -0.15) is 0 Å². The lowest BCUT2D eigenvalue weighted by molar-refractivity contribution is 0.245. The molecular weight excluding hydrogens is 263 g/mol. The minimum atomic E-state index is -0.186. The molecule has 0 unspecified atom stereocenters. The average Bonchev–Trinajstić information content (AvgIpc) is 2.49. The van der Waals surface area contributed by atoms with E-state index in [9.17, 15) is 4.39 Å². The van der Waals surface area contributed by atoms with Gasteiger partial charge in [0.25, 0.3) is 0 Å². The van der Waals surface area contributed by atoms with Crippen molar-refractivity contribution in [3.63, 3.8) is 0 Å². The monoisotopic (exact) mass is 284 g/mol. The maximum absolute atomic E-state index is 12.9. The lowest BCUT2D eigenvalue weighted by Gasteiger charge is -2.29. The summed E-state index contributed by atoms with van der Waals surface area (Å²) < 4.78 is 12.9. The molecule has 1 aliphatic rings. The van der Waals surface area contributed by atoms with E-state index in [0.29, 0.717) is 5.70 Å². The largest absolute Gasteiger partial charge is 0.399 e. The van der Waals surface area contributed by atoms with Crippen molar-refractivity contribution >= 4 is 5.70 Å². The zero-order valence-corrected chi connectivity index (χ0v) is 12.0. The Morgan fingerprint density at radius 1 is 1.19 bits per heavy atom. The molecule has 2 aromatic rings. The summed E-state index contributed by atoms with van der Waals surface area (Å²) in [5, 5.41) is 0. The first-order chi connectivity index (χ1) is 10.1. The topological polar surface area (TPSA) is 29.3 Å². The molecule has 0 bridgehead atoms. The number of hydrogen-bond donors (Lipinski definition) is 1. The number of benzene rings is 2. The molecule has 0 saturated heterocycles. The van der Waals surface area contributed by atoms with Crippen LogP contribution in [0.25, 0.3) is 5.70 Å². The Morgan fingerprint density at radius 2 is 1.95 bits per heavy atom. The molecule has 0 aliphatic carbocycles. The molecule has 0 atom stereocenters. The van der Waals surface area contributed by atoms with Gasteiger partial charge >= 0.3 is 0 Å². The smallest absolute Gasteiger partial charge is 0.123 e. The number of halogens is 1. The third-order valence-corrected chi connectivity index (χ3v) is 3.99. The van der Waals surface area contributed by atoms with Gasteiger partial charge < -0.3 is 5.73 Å². The van der Waals surface area contributed by atoms with E-state index >= 15 is 0 Å². The Kier molecular flexibility index (Phi) is 3.76. The van der Waals surface area contributed by atoms with Crippen LogP contribution in [0.4, 0.5) is 4.39 Å². The molecule has 1 heterocycles. The predicted molar refractivity (Wildman–Crippen MR) is 86.0 cm³/mol. The van der Waals surface area contributed by atoms with Crippen LogP contribution >= 0.6 is 0 Å². The van der Waals surface area contributed by atoms with Crippen molar-refractivity contribution in [1.82, 2.24) is 4.90 Å². The van der Waals surface area contributed by atoms with Crippen LogP contribution in [0.1, 0.15) is 23.7 Å². The van der Waals surface area contributed by atoms with Crippen molar-refractivity contribution in [2.75, 3.05) is 6.54 Å². The Labute approximate surface area is 126 Å². The zero-order chi connectivity index (χ0) is 14.8. The first kappa shape index (κ1) is 13.8. The van der Waals surface area contributed by atoms with E-state index in [-0.39, 0.29) is 7.24 Å². The van der Waals surface area contributed by atoms with Gasteiger partial charge in [-0.15, -0.1) is 0 Å². The summed E-state index contributed by atoms with van der Waals surface area (Å²) in [7, 11) is 0. The minimum Gasteiger partial charge on any atom is -0.399 e. The van der Waals surface area contributed by atoms with Crippen molar-refractivity contribution in [1.29, 1.82) is 0 Å². The van der Waals surface area contributed by atoms with Gasteiger partial charge in [0.15, 0.2) is 0 Å². The molecule has 0 amide bonds. The lowest BCUT2D eigenvalue weighted by Crippen LogP contribution is -2.30. The highest BCUT2D eigenvalue weighted by molar-refractivity contribution is 5.61. The fraction of sp³-hybridized carbons (Fsp3) is 0.222. The van der Waals surface area contributed by atoms with Gasteiger partial charge in [-0.25, -0.2) is 4.39 Å². The summed E-state index contributed by atoms with van der Waals surface area (Å²) in [5.74, 6) is -0.186. The third kappa shape index (κ3) is 3.14. The molecule has 2 aromatic carbocycles. The second-order valence-corrected chi connectivity index (χ2v) is 5.60. The molecule has 21 heavy (non-hydrogen) atoms. The van der Waals surface area contributed by atoms with Crippen LogP contribution in [-0.2, 0) is 19.5 Å². The molecule has 2 N–H and O–H groups in total. The number of nitrogens with zero attached hydrogens (tertiary/aromatic N) is 1. The minimum absolute atomic E-state index is 0. The standard InChI is InChI=1S/C18H19FN2.H2/c1-13(20)16-5-4-15-8-9-21(12-17(15)10-16)11-14-2-6-18(19)7-3-14;/h2-7,10H,1,8-9,11-12,20H2;1H. The van der Waals surface area contributed by atoms with E-state index in [1.807, 2.05) is 18.2 Å². The van der Waals surface area contributed by atoms with Crippen LogP contribution in [0, 0.1) is 5.82 Å². The van der Waals surface area contributed by atoms with E-state index in [4.69, 9.17) is 5.73 Å². The first-order valence-electron chi connectivity index (χ1n) is 7.15. The molecule has 0 saturated carbocycles. The van der Waals surface area contributed by atoms with Crippen LogP contribution < -0.4 is 5.73 Å². The van der Waals surface area contributed by atoms with Crippen molar-refractivity contribution in [2.45, 2.75) is 19.5 Å². The second-order valence-electron chi connectivity index (χ2n) is 5.60. The first-order valence-corrected chi connectivity index (χ1v) is 7.15. The van der Waals surface area contributed by atoms with Crippen LogP contribution in [0.2, 0.25) is 0 Å². The summed E-state index contributed by atoms with van der Waals surface area (Å²) in [6.45, 7) is 6.56. The number of nitrogens with two attached hydrogens (primary N) is 1. The van der Waals surface area contributed by atoms with Crippen LogP contribution in [0.15, 0.2) is 49.0 Å². The van der Waals surface area contributed by atoms with E-state index in [1.54, 1.807) is 0 Å². The molecule has 0 radical (unpaired) electrons. The van der Waals surface area contributed by atoms with Crippen molar-refractivity contribution < 1.29 is 5.82 Å². The Hall–Kier alpha value is -2.13. The van der Waals surface area contributed by atoms with Gasteiger partial charge in [0, 0.05) is 26.8 Å². The Balaban J connectivity index is 0.00000176. The molecular formula is C18H21FN2. The molecule has 110 valence electrons. The Morgan fingerprint density at radius 3 is 2.67 bits per heavy atom. The summed E-state index contributed by atoms with van der Waals surface area (Å²) in [6.07, 6.45) is 1.04. The maximum Gasteiger partial charge on any atom is 0.123 e. The van der Waals surface area contributed by atoms with Crippen molar-refractivity contribution in [3.8, 4) is 0 Å². The SMILES string of the molecule is C=C(N)c1ccc2c(c1)CN(Cc1ccc(F)cc1)CC2.[HH]. The van der Waals surface area contributed by atoms with Gasteiger partial charge in [-0.3, -0.25) is 4.90 Å². The number of fused-ring (bicyclic) bond motifs is 1. The molecule has 0 aromatic heterocycles. The number of hydrogen-bond acceptors (Lipinski definition) is 2. The van der Waals surface area contributed by atoms with Gasteiger partial charge in [0.1, 0.15) is 5.82 Å². The summed E-state index contributed by atoms with van der Waals surface area (Å²) in [4.78, 5) is 2.37. The highest BCUT2D eigenvalue weighted by atomic mass is 19.1.